The zero-order chi connectivity index (χ0) is 17.4. The van der Waals surface area contributed by atoms with Gasteiger partial charge in [-0.2, -0.15) is 0 Å². The molecule has 1 heterocycles. The van der Waals surface area contributed by atoms with Gasteiger partial charge >= 0.3 is 0 Å². The third kappa shape index (κ3) is 3.31. The number of benzene rings is 1. The number of fused-ring (bicyclic) bond motifs is 1. The van der Waals surface area contributed by atoms with Crippen LogP contribution >= 0.6 is 0 Å². The molecule has 4 nitrogen and oxygen atoms in total. The van der Waals surface area contributed by atoms with E-state index in [1.165, 1.54) is 12.8 Å². The fourth-order valence-corrected chi connectivity index (χ4v) is 4.69. The number of amides is 2. The third-order valence-corrected chi connectivity index (χ3v) is 6.23. The normalized spacial score (nSPS) is 29.8. The first-order chi connectivity index (χ1) is 12.1. The first-order valence-electron chi connectivity index (χ1n) is 9.82. The first-order valence-corrected chi connectivity index (χ1v) is 9.82. The van der Waals surface area contributed by atoms with Crippen molar-refractivity contribution in [3.63, 3.8) is 0 Å². The van der Waals surface area contributed by atoms with E-state index >= 15 is 0 Å². The Kier molecular flexibility index (Phi) is 4.53. The lowest BCUT2D eigenvalue weighted by Crippen LogP contribution is -2.50. The van der Waals surface area contributed by atoms with Gasteiger partial charge in [0.25, 0.3) is 0 Å². The van der Waals surface area contributed by atoms with Crippen molar-refractivity contribution in [3.05, 3.63) is 35.9 Å². The van der Waals surface area contributed by atoms with Gasteiger partial charge in [-0.25, -0.2) is 0 Å². The van der Waals surface area contributed by atoms with Crippen LogP contribution in [0, 0.1) is 11.8 Å². The van der Waals surface area contributed by atoms with Gasteiger partial charge < -0.3 is 10.2 Å². The lowest BCUT2D eigenvalue weighted by atomic mass is 9.84. The molecule has 0 spiro atoms. The molecular weight excluding hydrogens is 312 g/mol. The number of nitrogens with one attached hydrogen (secondary N) is 1. The predicted molar refractivity (Wildman–Crippen MR) is 96.7 cm³/mol. The minimum atomic E-state index is -0.271. The molecule has 0 unspecified atom stereocenters. The summed E-state index contributed by atoms with van der Waals surface area (Å²) in [5.41, 5.74) is 1.10. The van der Waals surface area contributed by atoms with E-state index in [-0.39, 0.29) is 29.8 Å². The highest BCUT2D eigenvalue weighted by atomic mass is 16.2. The number of likely N-dealkylation sites (tertiary alicyclic amines) is 1. The van der Waals surface area contributed by atoms with E-state index in [4.69, 9.17) is 0 Å². The van der Waals surface area contributed by atoms with Gasteiger partial charge in [-0.1, -0.05) is 43.2 Å². The summed E-state index contributed by atoms with van der Waals surface area (Å²) in [7, 11) is 0. The average molecular weight is 340 g/mol. The van der Waals surface area contributed by atoms with Gasteiger partial charge in [0.15, 0.2) is 0 Å². The molecule has 134 valence electrons. The Morgan fingerprint density at radius 3 is 2.52 bits per heavy atom. The summed E-state index contributed by atoms with van der Waals surface area (Å²) in [5.74, 6) is 0.962. The molecule has 4 heteroatoms. The van der Waals surface area contributed by atoms with Crippen molar-refractivity contribution >= 4 is 11.8 Å². The van der Waals surface area contributed by atoms with Crippen molar-refractivity contribution in [1.82, 2.24) is 10.2 Å². The van der Waals surface area contributed by atoms with Crippen molar-refractivity contribution in [2.75, 3.05) is 0 Å². The minimum absolute atomic E-state index is 0.0275. The second-order valence-corrected chi connectivity index (χ2v) is 8.02. The Balaban J connectivity index is 1.50. The van der Waals surface area contributed by atoms with Crippen molar-refractivity contribution < 1.29 is 9.59 Å². The molecule has 1 aromatic rings. The zero-order valence-corrected chi connectivity index (χ0v) is 15.0. The molecule has 4 rings (SSSR count). The lowest BCUT2D eigenvalue weighted by Gasteiger charge is -2.34. The number of hydrogen-bond donors (Lipinski definition) is 1. The summed E-state index contributed by atoms with van der Waals surface area (Å²) in [4.78, 5) is 27.9. The Morgan fingerprint density at radius 1 is 1.08 bits per heavy atom. The molecule has 1 aromatic carbocycles. The smallest absolute Gasteiger partial charge is 0.243 e. The first kappa shape index (κ1) is 16.6. The van der Waals surface area contributed by atoms with Crippen LogP contribution in [-0.2, 0) is 9.59 Å². The molecular formula is C21H28N2O2. The Hall–Kier alpha value is -1.84. The summed E-state index contributed by atoms with van der Waals surface area (Å²) in [5, 5.41) is 3.16. The van der Waals surface area contributed by atoms with Crippen molar-refractivity contribution in [2.45, 2.75) is 70.0 Å². The van der Waals surface area contributed by atoms with E-state index in [1.54, 1.807) is 0 Å². The second kappa shape index (κ2) is 6.81. The molecule has 1 aliphatic heterocycles. The zero-order valence-electron chi connectivity index (χ0n) is 15.0. The molecule has 2 aliphatic carbocycles. The fourth-order valence-electron chi connectivity index (χ4n) is 4.69. The molecule has 2 saturated carbocycles. The van der Waals surface area contributed by atoms with E-state index in [2.05, 4.69) is 5.32 Å². The Morgan fingerprint density at radius 2 is 1.80 bits per heavy atom. The van der Waals surface area contributed by atoms with Crippen LogP contribution in [0.15, 0.2) is 30.3 Å². The maximum Gasteiger partial charge on any atom is 0.243 e. The molecule has 4 atom stereocenters. The maximum absolute atomic E-state index is 13.0. The standard InChI is InChI=1S/C21H28N2O2/c1-14(15-7-3-2-4-8-15)22-20(24)19-13-17-9-5-6-10-18(17)23(19)21(25)16-11-12-16/h2-4,7-8,14,16-19H,5-6,9-13H2,1H3,(H,22,24)/t14-,17-,18-,19-/m0/s1. The highest BCUT2D eigenvalue weighted by Gasteiger charge is 2.50. The van der Waals surface area contributed by atoms with E-state index in [9.17, 15) is 9.59 Å². The van der Waals surface area contributed by atoms with Crippen LogP contribution in [0.4, 0.5) is 0 Å². The topological polar surface area (TPSA) is 49.4 Å². The van der Waals surface area contributed by atoms with Crippen molar-refractivity contribution in [2.24, 2.45) is 11.8 Å². The highest BCUT2D eigenvalue weighted by Crippen LogP contribution is 2.43. The third-order valence-electron chi connectivity index (χ3n) is 6.23. The van der Waals surface area contributed by atoms with Crippen LogP contribution in [0.5, 0.6) is 0 Å². The molecule has 1 N–H and O–H groups in total. The van der Waals surface area contributed by atoms with Gasteiger partial charge in [-0.05, 0) is 50.5 Å². The number of nitrogens with zero attached hydrogens (tertiary/aromatic N) is 1. The summed E-state index contributed by atoms with van der Waals surface area (Å²) >= 11 is 0. The molecule has 0 aromatic heterocycles. The van der Waals surface area contributed by atoms with Crippen LogP contribution < -0.4 is 5.32 Å². The van der Waals surface area contributed by atoms with Gasteiger partial charge in [0.2, 0.25) is 11.8 Å². The van der Waals surface area contributed by atoms with Crippen LogP contribution in [-0.4, -0.2) is 28.8 Å². The van der Waals surface area contributed by atoms with E-state index in [1.807, 2.05) is 42.2 Å². The predicted octanol–water partition coefficient (Wildman–Crippen LogP) is 3.43. The van der Waals surface area contributed by atoms with Gasteiger partial charge in [0.05, 0.1) is 6.04 Å². The van der Waals surface area contributed by atoms with E-state index in [0.29, 0.717) is 12.0 Å². The average Bonchev–Trinajstić information content (AvgIpc) is 3.41. The monoisotopic (exact) mass is 340 g/mol. The molecule has 3 aliphatic rings. The molecule has 25 heavy (non-hydrogen) atoms. The lowest BCUT2D eigenvalue weighted by molar-refractivity contribution is -0.142. The van der Waals surface area contributed by atoms with Crippen molar-refractivity contribution in [1.29, 1.82) is 0 Å². The van der Waals surface area contributed by atoms with Crippen LogP contribution in [0.1, 0.15) is 63.5 Å². The number of rotatable bonds is 4. The molecule has 1 saturated heterocycles. The van der Waals surface area contributed by atoms with Gasteiger partial charge in [0.1, 0.15) is 6.04 Å². The summed E-state index contributed by atoms with van der Waals surface area (Å²) in [6, 6.07) is 10.0. The summed E-state index contributed by atoms with van der Waals surface area (Å²) < 4.78 is 0. The number of hydrogen-bond acceptors (Lipinski definition) is 2. The minimum Gasteiger partial charge on any atom is -0.348 e. The largest absolute Gasteiger partial charge is 0.348 e. The summed E-state index contributed by atoms with van der Waals surface area (Å²) in [6.07, 6.45) is 7.50. The highest BCUT2D eigenvalue weighted by molar-refractivity contribution is 5.90. The summed E-state index contributed by atoms with van der Waals surface area (Å²) in [6.45, 7) is 2.02. The van der Waals surface area contributed by atoms with Crippen LogP contribution in [0.3, 0.4) is 0 Å². The van der Waals surface area contributed by atoms with E-state index in [0.717, 1.165) is 37.7 Å². The maximum atomic E-state index is 13.0. The van der Waals surface area contributed by atoms with Gasteiger partial charge in [0, 0.05) is 12.0 Å². The molecule has 2 amide bonds. The molecule has 3 fully saturated rings. The quantitative estimate of drug-likeness (QED) is 0.913. The fraction of sp³-hybridized carbons (Fsp3) is 0.619. The number of carbonyl (C=O) groups excluding carboxylic acids is 2. The van der Waals surface area contributed by atoms with Crippen molar-refractivity contribution in [3.8, 4) is 0 Å². The van der Waals surface area contributed by atoms with Gasteiger partial charge in [-0.3, -0.25) is 9.59 Å². The molecule has 0 radical (unpaired) electrons. The Bertz CT molecular complexity index is 641. The number of carbonyl (C=O) groups is 2. The van der Waals surface area contributed by atoms with Crippen LogP contribution in [0.25, 0.3) is 0 Å². The Labute approximate surface area is 150 Å². The SMILES string of the molecule is C[C@H](NC(=O)[C@@H]1C[C@@H]2CCCC[C@@H]2N1C(=O)C1CC1)c1ccccc1. The van der Waals surface area contributed by atoms with Gasteiger partial charge in [-0.15, -0.1) is 0 Å². The van der Waals surface area contributed by atoms with Crippen LogP contribution in [0.2, 0.25) is 0 Å². The van der Waals surface area contributed by atoms with E-state index < -0.39 is 0 Å². The second-order valence-electron chi connectivity index (χ2n) is 8.02. The molecule has 0 bridgehead atoms.